The van der Waals surface area contributed by atoms with Gasteiger partial charge in [-0.25, -0.2) is 4.79 Å². The monoisotopic (exact) mass is 899 g/mol. The number of fused-ring (bicyclic) bond motifs is 3. The van der Waals surface area contributed by atoms with Crippen molar-refractivity contribution in [2.24, 2.45) is 23.7 Å². The van der Waals surface area contributed by atoms with Crippen molar-refractivity contribution in [2.45, 2.75) is 172 Å². The highest BCUT2D eigenvalue weighted by molar-refractivity contribution is 6.39. The van der Waals surface area contributed by atoms with Gasteiger partial charge in [-0.1, -0.05) is 37.6 Å². The number of aryl methyl sites for hydroxylation is 1. The first-order valence-electron chi connectivity index (χ1n) is 23.3. The fraction of sp³-hybridized carbons (Fsp3) is 0.735. The number of rotatable bonds is 10. The average Bonchev–Trinajstić information content (AvgIpc) is 3.29. The molecule has 1 aromatic heterocycles. The van der Waals surface area contributed by atoms with Gasteiger partial charge < -0.3 is 48.6 Å². The van der Waals surface area contributed by atoms with Gasteiger partial charge in [0.05, 0.1) is 36.6 Å². The highest BCUT2D eigenvalue weighted by Gasteiger charge is 2.56. The maximum atomic E-state index is 14.5. The Labute approximate surface area is 379 Å². The molecule has 5 rings (SSSR count). The number of ether oxygens (including phenoxy) is 6. The molecule has 4 aliphatic rings. The maximum Gasteiger partial charge on any atom is 0.329 e. The van der Waals surface area contributed by atoms with Gasteiger partial charge in [0.1, 0.15) is 24.0 Å². The lowest BCUT2D eigenvalue weighted by Gasteiger charge is -2.47. The molecule has 358 valence electrons. The van der Waals surface area contributed by atoms with Crippen molar-refractivity contribution in [3.63, 3.8) is 0 Å². The van der Waals surface area contributed by atoms with Crippen LogP contribution in [0, 0.1) is 23.7 Å². The number of pyridine rings is 1. The van der Waals surface area contributed by atoms with Crippen molar-refractivity contribution >= 4 is 23.4 Å². The number of esters is 1. The third-order valence-electron chi connectivity index (χ3n) is 14.2. The number of piperidine rings is 1. The molecule has 4 heterocycles. The third-order valence-corrected chi connectivity index (χ3v) is 14.2. The number of ketones is 2. The van der Waals surface area contributed by atoms with Crippen molar-refractivity contribution in [1.82, 2.24) is 9.88 Å². The molecule has 0 spiro atoms. The lowest BCUT2D eigenvalue weighted by atomic mass is 9.81. The van der Waals surface area contributed by atoms with Crippen LogP contribution in [0.25, 0.3) is 0 Å². The molecule has 14 atom stereocenters. The molecule has 2 saturated heterocycles. The summed E-state index contributed by atoms with van der Waals surface area (Å²) in [6.45, 7) is 7.17. The van der Waals surface area contributed by atoms with E-state index in [4.69, 9.17) is 28.4 Å². The maximum absolute atomic E-state index is 14.5. The Morgan fingerprint density at radius 3 is 2.30 bits per heavy atom. The van der Waals surface area contributed by atoms with Crippen molar-refractivity contribution in [3.8, 4) is 0 Å². The molecular weight excluding hydrogens is 825 g/mol. The van der Waals surface area contributed by atoms with Crippen molar-refractivity contribution < 1.29 is 62.9 Å². The Bertz CT molecular complexity index is 1770. The SMILES string of the molecule is CO[C@H]1C/C(C)=C/[C@@H](CCCc2ccccn2)C(=O)C[C@H](O)[C@@H](C)[C@@H](/C(C)=C/[C@@H]2CC[C@@H](O)[C@H](OC)C2)OC(=O)[C@@H]2CCCCN2C(=O)C(=O)[C@]2(O)O[C@H]([C@@H](OC)C1)[C@@H](OC)C[C@H]2C. The Balaban J connectivity index is 1.55. The first-order chi connectivity index (χ1) is 30.5. The molecule has 3 fully saturated rings. The van der Waals surface area contributed by atoms with Gasteiger partial charge in [0.25, 0.3) is 11.7 Å². The third kappa shape index (κ3) is 12.7. The molecule has 3 N–H and O–H groups in total. The number of aromatic nitrogens is 1. The topological polar surface area (TPSA) is 200 Å². The summed E-state index contributed by atoms with van der Waals surface area (Å²) in [4.78, 5) is 63.2. The van der Waals surface area contributed by atoms with E-state index in [0.717, 1.165) is 11.3 Å². The van der Waals surface area contributed by atoms with E-state index in [1.54, 1.807) is 34.3 Å². The number of Topliss-reactive ketones (excluding diaryl/α,β-unsaturated/α-hetero) is 2. The second kappa shape index (κ2) is 23.9. The Morgan fingerprint density at radius 2 is 1.62 bits per heavy atom. The molecule has 1 saturated carbocycles. The number of hydrogen-bond donors (Lipinski definition) is 3. The van der Waals surface area contributed by atoms with E-state index in [2.05, 4.69) is 4.98 Å². The Kier molecular flexibility index (Phi) is 19.2. The molecule has 0 radical (unpaired) electrons. The molecule has 15 heteroatoms. The van der Waals surface area contributed by atoms with Crippen LogP contribution in [0.5, 0.6) is 0 Å². The molecule has 2 bridgehead atoms. The number of aliphatic hydroxyl groups is 3. The van der Waals surface area contributed by atoms with E-state index >= 15 is 0 Å². The molecule has 1 aliphatic carbocycles. The van der Waals surface area contributed by atoms with Gasteiger partial charge in [0.15, 0.2) is 0 Å². The van der Waals surface area contributed by atoms with Crippen LogP contribution in [0.15, 0.2) is 47.7 Å². The Hall–Kier alpha value is -3.41. The first-order valence-corrected chi connectivity index (χ1v) is 23.3. The largest absolute Gasteiger partial charge is 0.456 e. The van der Waals surface area contributed by atoms with Crippen LogP contribution >= 0.6 is 0 Å². The number of methoxy groups -OCH3 is 4. The normalized spacial score (nSPS) is 37.8. The van der Waals surface area contributed by atoms with Crippen molar-refractivity contribution in [1.29, 1.82) is 0 Å². The summed E-state index contributed by atoms with van der Waals surface area (Å²) in [5.41, 5.74) is 2.43. The number of cyclic esters (lactones) is 1. The summed E-state index contributed by atoms with van der Waals surface area (Å²) < 4.78 is 36.0. The van der Waals surface area contributed by atoms with Crippen LogP contribution in [0.4, 0.5) is 0 Å². The minimum absolute atomic E-state index is 0.0291. The highest BCUT2D eigenvalue weighted by atomic mass is 16.7. The molecule has 0 unspecified atom stereocenters. The molecule has 0 aromatic carbocycles. The quantitative estimate of drug-likeness (QED) is 0.163. The van der Waals surface area contributed by atoms with Crippen LogP contribution in [-0.4, -0.2) is 144 Å². The smallest absolute Gasteiger partial charge is 0.329 e. The van der Waals surface area contributed by atoms with Crippen LogP contribution in [0.3, 0.4) is 0 Å². The predicted octanol–water partition coefficient (Wildman–Crippen LogP) is 4.86. The predicted molar refractivity (Wildman–Crippen MR) is 237 cm³/mol. The highest BCUT2D eigenvalue weighted by Crippen LogP contribution is 2.39. The Morgan fingerprint density at radius 1 is 0.906 bits per heavy atom. The van der Waals surface area contributed by atoms with Gasteiger partial charge in [-0.05, 0) is 108 Å². The average molecular weight is 899 g/mol. The van der Waals surface area contributed by atoms with Gasteiger partial charge in [-0.15, -0.1) is 0 Å². The minimum atomic E-state index is -2.56. The van der Waals surface area contributed by atoms with E-state index in [0.29, 0.717) is 63.4 Å². The van der Waals surface area contributed by atoms with Gasteiger partial charge in [-0.2, -0.15) is 0 Å². The standard InChI is InChI=1S/C49H74N2O13/c1-29-22-34(14-13-16-35-15-9-11-20-50-35)40(54)28-39(53)32(4)44(30(2)24-33-18-19-38(52)41(26-33)60-6)63-48(57)37-17-10-12-21-51(37)47(56)46(55)49(58)31(3)25-42(61-7)45(64-49)43(62-8)27-36(23-29)59-5/h9,11,15,20,22,24,31-34,36-39,41-45,52-53,58H,10,12-14,16-19,21,23,25-28H2,1-8H3/b29-22+,30-24+/t31-,32-,33+,34-,36+,37+,38-,39+,41-,42+,43+,44-,45+,49-/m1/s1. The van der Waals surface area contributed by atoms with Crippen molar-refractivity contribution in [3.05, 3.63) is 53.4 Å². The minimum Gasteiger partial charge on any atom is -0.456 e. The lowest BCUT2D eigenvalue weighted by molar-refractivity contribution is -0.303. The van der Waals surface area contributed by atoms with Gasteiger partial charge in [-0.3, -0.25) is 19.4 Å². The number of aliphatic hydroxyl groups excluding tert-OH is 2. The summed E-state index contributed by atoms with van der Waals surface area (Å²) in [5, 5.41) is 34.6. The second-order valence-electron chi connectivity index (χ2n) is 18.7. The van der Waals surface area contributed by atoms with E-state index in [9.17, 15) is 34.5 Å². The molecular formula is C49H74N2O13. The van der Waals surface area contributed by atoms with E-state index < -0.39 is 90.0 Å². The van der Waals surface area contributed by atoms with Crippen LogP contribution in [0.2, 0.25) is 0 Å². The zero-order valence-electron chi connectivity index (χ0n) is 39.2. The molecule has 1 amide bonds. The summed E-state index contributed by atoms with van der Waals surface area (Å²) in [6.07, 6.45) is 5.11. The number of carbonyl (C=O) groups excluding carboxylic acids is 4. The first kappa shape index (κ1) is 51.6. The second-order valence-corrected chi connectivity index (χ2v) is 18.7. The summed E-state index contributed by atoms with van der Waals surface area (Å²) in [7, 11) is 6.14. The lowest BCUT2D eigenvalue weighted by Crippen LogP contribution is -2.64. The summed E-state index contributed by atoms with van der Waals surface area (Å²) >= 11 is 0. The van der Waals surface area contributed by atoms with Gasteiger partial charge >= 0.3 is 5.97 Å². The zero-order chi connectivity index (χ0) is 46.7. The number of nitrogens with zero attached hydrogens (tertiary/aromatic N) is 2. The fourth-order valence-electron chi connectivity index (χ4n) is 10.2. The van der Waals surface area contributed by atoms with Crippen LogP contribution in [-0.2, 0) is 54.0 Å². The fourth-order valence-corrected chi connectivity index (χ4v) is 10.2. The molecule has 64 heavy (non-hydrogen) atoms. The number of allylic oxidation sites excluding steroid dienone is 2. The van der Waals surface area contributed by atoms with E-state index in [-0.39, 0.29) is 50.0 Å². The zero-order valence-corrected chi connectivity index (χ0v) is 39.2. The summed E-state index contributed by atoms with van der Waals surface area (Å²) in [5.74, 6) is -7.98. The molecule has 15 nitrogen and oxygen atoms in total. The molecule has 3 aliphatic heterocycles. The molecule has 1 aromatic rings. The van der Waals surface area contributed by atoms with Gasteiger partial charge in [0, 0.05) is 77.5 Å². The van der Waals surface area contributed by atoms with E-state index in [1.165, 1.54) is 19.1 Å². The summed E-state index contributed by atoms with van der Waals surface area (Å²) in [6, 6.07) is 4.57. The number of amides is 1. The van der Waals surface area contributed by atoms with E-state index in [1.807, 2.05) is 44.2 Å². The number of carbonyl (C=O) groups is 4. The van der Waals surface area contributed by atoms with Crippen LogP contribution in [0.1, 0.15) is 110 Å². The number of hydrogen-bond acceptors (Lipinski definition) is 14. The van der Waals surface area contributed by atoms with Crippen LogP contribution < -0.4 is 0 Å². The van der Waals surface area contributed by atoms with Gasteiger partial charge in [0.2, 0.25) is 5.79 Å². The van der Waals surface area contributed by atoms with Crippen molar-refractivity contribution in [2.75, 3.05) is 35.0 Å².